The van der Waals surface area contributed by atoms with E-state index in [1.54, 1.807) is 0 Å². The van der Waals surface area contributed by atoms with Crippen molar-refractivity contribution in [3.63, 3.8) is 0 Å². The second kappa shape index (κ2) is 28.3. The van der Waals surface area contributed by atoms with Gasteiger partial charge in [0.15, 0.2) is 25.2 Å². The Morgan fingerprint density at radius 2 is 0.866 bits per heavy atom. The largest absolute Gasteiger partial charge is 0.477 e. The lowest BCUT2D eigenvalue weighted by Crippen LogP contribution is -2.72. The number of hydrogen-bond donors (Lipinski definition) is 24. The van der Waals surface area contributed by atoms with Gasteiger partial charge in [-0.2, -0.15) is 0 Å². The van der Waals surface area contributed by atoms with Gasteiger partial charge in [-0.25, -0.2) is 9.59 Å². The first kappa shape index (κ1) is 68.2. The molecule has 24 N–H and O–H groups in total. The van der Waals surface area contributed by atoms with E-state index in [9.17, 15) is 132 Å². The quantitative estimate of drug-likeness (QED) is 0.0452. The van der Waals surface area contributed by atoms with Gasteiger partial charge in [-0.05, 0) is 0 Å². The second-order valence-electron chi connectivity index (χ2n) is 20.3. The lowest BCUT2D eigenvalue weighted by atomic mass is 9.90. The normalized spacial score (nSPS) is 47.2. The highest BCUT2D eigenvalue weighted by molar-refractivity contribution is 5.76. The minimum Gasteiger partial charge on any atom is -0.477 e. The molecule has 0 spiro atoms. The predicted octanol–water partition coefficient (Wildman–Crippen LogP) is -15.5. The van der Waals surface area contributed by atoms with Gasteiger partial charge in [-0.15, -0.1) is 0 Å². The van der Waals surface area contributed by atoms with E-state index in [1.807, 2.05) is 0 Å². The molecule has 0 bridgehead atoms. The molecule has 38 heteroatoms. The number of carbonyl (C=O) groups is 3. The second-order valence-corrected chi connectivity index (χ2v) is 20.3. The lowest BCUT2D eigenvalue weighted by Gasteiger charge is -2.52. The Balaban J connectivity index is 1.40. The topological polar surface area (TPSA) is 630 Å². The summed E-state index contributed by atoms with van der Waals surface area (Å²) in [6, 6.07) is -2.09. The smallest absolute Gasteiger partial charge is 0.364 e. The molecule has 38 nitrogen and oxygen atoms in total. The summed E-state index contributed by atoms with van der Waals surface area (Å²) >= 11 is 0. The van der Waals surface area contributed by atoms with E-state index in [0.29, 0.717) is 0 Å². The first-order valence-electron chi connectivity index (χ1n) is 25.4. The van der Waals surface area contributed by atoms with E-state index >= 15 is 0 Å². The van der Waals surface area contributed by atoms with Crippen LogP contribution in [0, 0.1) is 0 Å². The number of ether oxygens (including phenoxy) is 11. The van der Waals surface area contributed by atoms with Gasteiger partial charge in [0.1, 0.15) is 146 Å². The Hall–Kier alpha value is -2.87. The van der Waals surface area contributed by atoms with Crippen LogP contribution in [0.2, 0.25) is 0 Å². The molecule has 0 radical (unpaired) electrons. The van der Waals surface area contributed by atoms with Crippen LogP contribution < -0.4 is 5.32 Å². The van der Waals surface area contributed by atoms with Crippen molar-refractivity contribution in [2.45, 2.75) is 215 Å². The summed E-state index contributed by atoms with van der Waals surface area (Å²) in [5.74, 6) is -12.2. The zero-order chi connectivity index (χ0) is 61.2. The van der Waals surface area contributed by atoms with Gasteiger partial charge >= 0.3 is 11.9 Å². The Labute approximate surface area is 461 Å². The van der Waals surface area contributed by atoms with E-state index in [-0.39, 0.29) is 0 Å². The average molecular weight is 1210 g/mol. The summed E-state index contributed by atoms with van der Waals surface area (Å²) in [7, 11) is 0. The van der Waals surface area contributed by atoms with Gasteiger partial charge in [0.05, 0.1) is 51.8 Å². The van der Waals surface area contributed by atoms with Gasteiger partial charge in [0.2, 0.25) is 5.91 Å². The number of carboxylic acids is 2. The molecule has 0 aromatic carbocycles. The average Bonchev–Trinajstić information content (AvgIpc) is 3.55. The SMILES string of the molecule is CC(=O)N[C@H]1[C@H](O[C@@H]2[C@H](O[C@]3(C(=O)O)C[C@H](O)[C@@H](O)[C@H]([C@H](O)[C@H](O)CO)O3)[C@@H](O)[C@H](O[C@H]3[C@H](O)[C@@H](O)C(O)O[C@@H]3CO)O[C@@H]2CO)O[C@H](CO)[C@H](O)[C@@H]1O[C@@H]1O[C@H](CO)[C@H](O)[C@H](O[C@]2(C(=O)O)C[C@@H](O)[C@@H](O)[C@H]([C@H](O)[C@H](O)CO)O2)[C@H]1O. The lowest BCUT2D eigenvalue weighted by molar-refractivity contribution is -0.407. The number of rotatable bonds is 23. The van der Waals surface area contributed by atoms with Crippen molar-refractivity contribution < 1.29 is 184 Å². The van der Waals surface area contributed by atoms with Crippen LogP contribution in [0.15, 0.2) is 0 Å². The van der Waals surface area contributed by atoms with Gasteiger partial charge < -0.3 is 175 Å². The predicted molar refractivity (Wildman–Crippen MR) is 245 cm³/mol. The molecule has 0 aliphatic carbocycles. The molecular formula is C44H73NO37. The molecule has 6 fully saturated rings. The van der Waals surface area contributed by atoms with Crippen molar-refractivity contribution in [2.24, 2.45) is 0 Å². The maximum absolute atomic E-state index is 13.4. The molecule has 6 saturated heterocycles. The third kappa shape index (κ3) is 13.9. The van der Waals surface area contributed by atoms with E-state index in [1.165, 1.54) is 0 Å². The van der Waals surface area contributed by atoms with Crippen LogP contribution in [0.4, 0.5) is 0 Å². The van der Waals surface area contributed by atoms with Crippen molar-refractivity contribution in [1.82, 2.24) is 5.32 Å². The summed E-state index contributed by atoms with van der Waals surface area (Å²) < 4.78 is 62.7. The van der Waals surface area contributed by atoms with Gasteiger partial charge in [0.25, 0.3) is 11.6 Å². The molecule has 0 aromatic rings. The molecule has 6 aliphatic heterocycles. The van der Waals surface area contributed by atoms with Crippen LogP contribution in [0.1, 0.15) is 19.8 Å². The van der Waals surface area contributed by atoms with Crippen LogP contribution in [-0.2, 0) is 66.5 Å². The van der Waals surface area contributed by atoms with Crippen molar-refractivity contribution in [2.75, 3.05) is 39.6 Å². The molecule has 32 atom stereocenters. The summed E-state index contributed by atoms with van der Waals surface area (Å²) in [6.07, 6.45) is -67.7. The molecule has 6 aliphatic rings. The molecule has 0 saturated carbocycles. The molecule has 6 rings (SSSR count). The molecule has 0 aromatic heterocycles. The first-order chi connectivity index (χ1) is 38.5. The molecule has 1 amide bonds. The Morgan fingerprint density at radius 1 is 0.476 bits per heavy atom. The number of aliphatic hydroxyl groups is 21. The first-order valence-corrected chi connectivity index (χ1v) is 25.4. The zero-order valence-corrected chi connectivity index (χ0v) is 43.0. The minimum atomic E-state index is -3.43. The summed E-state index contributed by atoms with van der Waals surface area (Å²) in [5, 5.41) is 248. The number of aliphatic carboxylic acids is 2. The van der Waals surface area contributed by atoms with Crippen molar-refractivity contribution >= 4 is 17.8 Å². The number of hydrogen-bond acceptors (Lipinski definition) is 35. The number of carbonyl (C=O) groups excluding carboxylic acids is 1. The van der Waals surface area contributed by atoms with E-state index < -0.39 is 266 Å². The monoisotopic (exact) mass is 1210 g/mol. The van der Waals surface area contributed by atoms with E-state index in [4.69, 9.17) is 52.1 Å². The fourth-order valence-electron chi connectivity index (χ4n) is 10.3. The summed E-state index contributed by atoms with van der Waals surface area (Å²) in [5.41, 5.74) is 0. The molecule has 6 heterocycles. The Bertz CT molecular complexity index is 2070. The molecule has 476 valence electrons. The highest BCUT2D eigenvalue weighted by Crippen LogP contribution is 2.42. The van der Waals surface area contributed by atoms with Crippen LogP contribution >= 0.6 is 0 Å². The third-order valence-electron chi connectivity index (χ3n) is 14.8. The van der Waals surface area contributed by atoms with E-state index in [0.717, 1.165) is 6.92 Å². The van der Waals surface area contributed by atoms with Gasteiger partial charge in [-0.1, -0.05) is 0 Å². The fraction of sp³-hybridized carbons (Fsp3) is 0.932. The zero-order valence-electron chi connectivity index (χ0n) is 43.0. The van der Waals surface area contributed by atoms with Crippen LogP contribution in [0.25, 0.3) is 0 Å². The maximum atomic E-state index is 13.4. The Kier molecular flexibility index (Phi) is 23.6. The number of nitrogens with one attached hydrogen (secondary N) is 1. The van der Waals surface area contributed by atoms with Gasteiger partial charge in [0, 0.05) is 19.8 Å². The van der Waals surface area contributed by atoms with Crippen LogP contribution in [-0.4, -0.2) is 370 Å². The maximum Gasteiger partial charge on any atom is 0.364 e. The molecule has 1 unspecified atom stereocenters. The number of aliphatic hydroxyl groups excluding tert-OH is 21. The van der Waals surface area contributed by atoms with Crippen LogP contribution in [0.5, 0.6) is 0 Å². The summed E-state index contributed by atoms with van der Waals surface area (Å²) in [6.45, 7) is -6.38. The van der Waals surface area contributed by atoms with Crippen molar-refractivity contribution in [1.29, 1.82) is 0 Å². The number of carboxylic acid groups (broad SMARTS) is 2. The molecular weight excluding hydrogens is 1130 g/mol. The highest BCUT2D eigenvalue weighted by Gasteiger charge is 2.63. The molecule has 82 heavy (non-hydrogen) atoms. The Morgan fingerprint density at radius 3 is 1.30 bits per heavy atom. The minimum absolute atomic E-state index is 0.864. The summed E-state index contributed by atoms with van der Waals surface area (Å²) in [4.78, 5) is 39.3. The van der Waals surface area contributed by atoms with E-state index in [2.05, 4.69) is 5.32 Å². The van der Waals surface area contributed by atoms with Crippen molar-refractivity contribution in [3.05, 3.63) is 0 Å². The van der Waals surface area contributed by atoms with Crippen molar-refractivity contribution in [3.8, 4) is 0 Å². The number of amides is 1. The fourth-order valence-corrected chi connectivity index (χ4v) is 10.3. The third-order valence-corrected chi connectivity index (χ3v) is 14.8. The standard InChI is InChI=1S/C44H73NO37/c1-10(52)45-19-32(78-39-28(65)35(25(62)16(7-49)74-39)81-43(41(68)69)2-11(53)20(57)33(79-43)22(59)13(55)4-46)24(61)15(6-48)73-38(19)77-31-18(9-51)75-40(76-30-17(8-50)72-37(67)27(64)26(30)63)29(66)36(31)82-44(42(70)71)3-12(54)21(58)34(80-44)23(60)14(56)5-47/h11-40,46-51,53-67H,2-9H2,1H3,(H,45,52)(H,68,69)(H,70,71)/t11-,12+,13-,14-,15-,16-,17-,18-,19-,20-,21-,22-,23-,24+,25+,26-,27-,28-,29-,30-,31+,32-,33-,34-,35+,36-,37?,38+,39+,40+,43+,44+/m1/s1. The van der Waals surface area contributed by atoms with Gasteiger partial charge in [-0.3, -0.25) is 4.79 Å². The van der Waals surface area contributed by atoms with Crippen LogP contribution in [0.3, 0.4) is 0 Å². The highest BCUT2D eigenvalue weighted by atomic mass is 16.8.